The van der Waals surface area contributed by atoms with Crippen molar-refractivity contribution in [2.24, 2.45) is 0 Å². The number of carbonyl (C=O) groups is 5. The van der Waals surface area contributed by atoms with Gasteiger partial charge in [0.1, 0.15) is 42.6 Å². The smallest absolute Gasteiger partial charge is 0.331 e. The Morgan fingerprint density at radius 2 is 1.56 bits per heavy atom. The Labute approximate surface area is 289 Å². The standard InChI is InChI=1S/C36H31ClF2N4O7/c1-19(44)27-16-42(30-8-6-23(46)11-25(27)30)18-34(48)50-24-7-9-31-26(12-24)28(20(2)45)15-41(31)17-33(47)43-14-22(38)10-32(43)36(49)40-13-21-4-3-5-29(37)35(21)39/h3-9,11-12,15-16,22,32,46H,10,13-14,17-18H2,1-2H3,(H,40,49). The first-order valence-electron chi connectivity index (χ1n) is 15.6. The minimum atomic E-state index is -1.45. The number of alkyl halides is 1. The molecule has 3 heterocycles. The number of ether oxygens (including phenoxy) is 1. The van der Waals surface area contributed by atoms with Gasteiger partial charge < -0.3 is 29.2 Å². The van der Waals surface area contributed by atoms with Gasteiger partial charge in [-0.05, 0) is 56.3 Å². The summed E-state index contributed by atoms with van der Waals surface area (Å²) in [5.74, 6) is -3.02. The predicted molar refractivity (Wildman–Crippen MR) is 179 cm³/mol. The summed E-state index contributed by atoms with van der Waals surface area (Å²) in [6.45, 7) is 1.64. The maximum Gasteiger partial charge on any atom is 0.331 e. The summed E-state index contributed by atoms with van der Waals surface area (Å²) in [5.41, 5.74) is 1.73. The highest BCUT2D eigenvalue weighted by molar-refractivity contribution is 6.30. The number of likely N-dealkylation sites (tertiary alicyclic amines) is 1. The number of hydrogen-bond donors (Lipinski definition) is 2. The van der Waals surface area contributed by atoms with Crippen molar-refractivity contribution in [2.75, 3.05) is 6.54 Å². The number of halogens is 3. The lowest BCUT2D eigenvalue weighted by Crippen LogP contribution is -2.46. The lowest BCUT2D eigenvalue weighted by molar-refractivity contribution is -0.139. The lowest BCUT2D eigenvalue weighted by Gasteiger charge is -2.24. The Kier molecular flexibility index (Phi) is 9.43. The lowest BCUT2D eigenvalue weighted by atomic mass is 10.1. The molecule has 11 nitrogen and oxygen atoms in total. The molecule has 5 aromatic rings. The van der Waals surface area contributed by atoms with Crippen LogP contribution in [0.2, 0.25) is 5.02 Å². The van der Waals surface area contributed by atoms with Gasteiger partial charge in [0.2, 0.25) is 11.8 Å². The predicted octanol–water partition coefficient (Wildman–Crippen LogP) is 5.36. The summed E-state index contributed by atoms with van der Waals surface area (Å²) in [4.78, 5) is 65.4. The van der Waals surface area contributed by atoms with Gasteiger partial charge in [0.25, 0.3) is 0 Å². The van der Waals surface area contributed by atoms with Crippen LogP contribution < -0.4 is 10.1 Å². The first-order valence-corrected chi connectivity index (χ1v) is 16.0. The van der Waals surface area contributed by atoms with E-state index in [2.05, 4.69) is 5.32 Å². The first kappa shape index (κ1) is 34.3. The number of carbonyl (C=O) groups excluding carboxylic acids is 5. The molecule has 1 fully saturated rings. The van der Waals surface area contributed by atoms with Crippen LogP contribution >= 0.6 is 11.6 Å². The summed E-state index contributed by atoms with van der Waals surface area (Å²) in [7, 11) is 0. The second-order valence-electron chi connectivity index (χ2n) is 12.1. The summed E-state index contributed by atoms with van der Waals surface area (Å²) < 4.78 is 37.5. The van der Waals surface area contributed by atoms with Gasteiger partial charge in [-0.1, -0.05) is 23.7 Å². The minimum Gasteiger partial charge on any atom is -0.508 e. The zero-order valence-corrected chi connectivity index (χ0v) is 27.7. The normalized spacial score (nSPS) is 15.8. The van der Waals surface area contributed by atoms with E-state index < -0.39 is 35.8 Å². The van der Waals surface area contributed by atoms with Crippen LogP contribution in [0, 0.1) is 5.82 Å². The molecule has 14 heteroatoms. The van der Waals surface area contributed by atoms with Crippen molar-refractivity contribution in [3.63, 3.8) is 0 Å². The molecule has 50 heavy (non-hydrogen) atoms. The quantitative estimate of drug-likeness (QED) is 0.113. The van der Waals surface area contributed by atoms with Crippen LogP contribution in [0.1, 0.15) is 46.5 Å². The van der Waals surface area contributed by atoms with Crippen molar-refractivity contribution in [3.05, 3.63) is 94.5 Å². The molecule has 1 aliphatic rings. The summed E-state index contributed by atoms with van der Waals surface area (Å²) >= 11 is 5.82. The van der Waals surface area contributed by atoms with E-state index in [0.29, 0.717) is 27.4 Å². The molecule has 2 amide bonds. The van der Waals surface area contributed by atoms with E-state index in [0.717, 1.165) is 4.90 Å². The monoisotopic (exact) mass is 704 g/mol. The second-order valence-corrected chi connectivity index (χ2v) is 12.5. The molecule has 0 spiro atoms. The van der Waals surface area contributed by atoms with E-state index >= 15 is 0 Å². The van der Waals surface area contributed by atoms with Crippen molar-refractivity contribution in [3.8, 4) is 11.5 Å². The number of hydrogen-bond acceptors (Lipinski definition) is 7. The third-order valence-corrected chi connectivity index (χ3v) is 8.96. The molecule has 0 bridgehead atoms. The van der Waals surface area contributed by atoms with E-state index in [9.17, 15) is 37.9 Å². The molecule has 2 N–H and O–H groups in total. The van der Waals surface area contributed by atoms with Crippen LogP contribution in [-0.4, -0.2) is 67.2 Å². The Hall–Kier alpha value is -5.56. The topological polar surface area (TPSA) is 140 Å². The third-order valence-electron chi connectivity index (χ3n) is 8.67. The van der Waals surface area contributed by atoms with Crippen molar-refractivity contribution in [1.29, 1.82) is 0 Å². The zero-order valence-electron chi connectivity index (χ0n) is 26.9. The number of aromatic nitrogens is 2. The fraction of sp³-hybridized carbons (Fsp3) is 0.250. The molecular formula is C36H31ClF2N4O7. The van der Waals surface area contributed by atoms with Crippen molar-refractivity contribution < 1.29 is 42.6 Å². The summed E-state index contributed by atoms with van der Waals surface area (Å²) in [5, 5.41) is 13.2. The van der Waals surface area contributed by atoms with Crippen LogP contribution in [0.4, 0.5) is 8.78 Å². The Morgan fingerprint density at radius 1 is 0.920 bits per heavy atom. The minimum absolute atomic E-state index is 0.0244. The van der Waals surface area contributed by atoms with E-state index in [1.807, 2.05) is 0 Å². The van der Waals surface area contributed by atoms with Crippen LogP contribution in [-0.2, 0) is 34.0 Å². The van der Waals surface area contributed by atoms with Gasteiger partial charge in [-0.15, -0.1) is 0 Å². The number of fused-ring (bicyclic) bond motifs is 2. The number of ketones is 2. The molecular weight excluding hydrogens is 674 g/mol. The molecule has 2 unspecified atom stereocenters. The molecule has 0 saturated carbocycles. The number of Topliss-reactive ketones (excluding diaryl/α,β-unsaturated/α-hetero) is 2. The van der Waals surface area contributed by atoms with Gasteiger partial charge in [-0.25, -0.2) is 13.6 Å². The number of amides is 2. The number of nitrogens with zero attached hydrogens (tertiary/aromatic N) is 3. The Bertz CT molecular complexity index is 2210. The van der Waals surface area contributed by atoms with Crippen LogP contribution in [0.5, 0.6) is 11.5 Å². The molecule has 0 radical (unpaired) electrons. The number of esters is 1. The highest BCUT2D eigenvalue weighted by atomic mass is 35.5. The maximum atomic E-state index is 14.6. The maximum absolute atomic E-state index is 14.6. The van der Waals surface area contributed by atoms with Gasteiger partial charge in [-0.2, -0.15) is 0 Å². The molecule has 2 aromatic heterocycles. The average Bonchev–Trinajstić information content (AvgIpc) is 3.74. The van der Waals surface area contributed by atoms with Gasteiger partial charge in [0.05, 0.1) is 11.6 Å². The number of rotatable bonds is 10. The number of nitrogens with one attached hydrogen (secondary N) is 1. The highest BCUT2D eigenvalue weighted by Crippen LogP contribution is 2.30. The molecule has 3 aromatic carbocycles. The Morgan fingerprint density at radius 3 is 2.24 bits per heavy atom. The molecule has 2 atom stereocenters. The Balaban J connectivity index is 1.18. The van der Waals surface area contributed by atoms with Gasteiger partial charge >= 0.3 is 5.97 Å². The van der Waals surface area contributed by atoms with E-state index in [-0.39, 0.29) is 71.8 Å². The van der Waals surface area contributed by atoms with E-state index in [4.69, 9.17) is 16.3 Å². The number of benzene rings is 3. The number of phenols is 1. The van der Waals surface area contributed by atoms with Gasteiger partial charge in [0, 0.05) is 63.9 Å². The van der Waals surface area contributed by atoms with Crippen molar-refractivity contribution >= 4 is 62.8 Å². The van der Waals surface area contributed by atoms with E-state index in [1.54, 1.807) is 16.7 Å². The van der Waals surface area contributed by atoms with E-state index in [1.165, 1.54) is 73.3 Å². The molecule has 0 aliphatic carbocycles. The molecule has 6 rings (SSSR count). The van der Waals surface area contributed by atoms with Gasteiger partial charge in [0.15, 0.2) is 11.6 Å². The summed E-state index contributed by atoms with van der Waals surface area (Å²) in [6, 6.07) is 12.3. The fourth-order valence-corrected chi connectivity index (χ4v) is 6.48. The average molecular weight is 705 g/mol. The van der Waals surface area contributed by atoms with Crippen LogP contribution in [0.25, 0.3) is 21.8 Å². The molecule has 258 valence electrons. The summed E-state index contributed by atoms with van der Waals surface area (Å²) in [6.07, 6.45) is 1.31. The van der Waals surface area contributed by atoms with Crippen LogP contribution in [0.15, 0.2) is 67.0 Å². The van der Waals surface area contributed by atoms with Crippen LogP contribution in [0.3, 0.4) is 0 Å². The number of aromatic hydroxyl groups is 1. The second kappa shape index (κ2) is 13.7. The third kappa shape index (κ3) is 6.81. The fourth-order valence-electron chi connectivity index (χ4n) is 6.28. The van der Waals surface area contributed by atoms with Crippen molar-refractivity contribution in [2.45, 2.75) is 52.1 Å². The number of phenolic OH excluding ortho intramolecular Hbond substituents is 1. The molecule has 1 saturated heterocycles. The van der Waals surface area contributed by atoms with Crippen molar-refractivity contribution in [1.82, 2.24) is 19.4 Å². The highest BCUT2D eigenvalue weighted by Gasteiger charge is 2.40. The largest absolute Gasteiger partial charge is 0.508 e. The zero-order chi connectivity index (χ0) is 35.9. The first-order chi connectivity index (χ1) is 23.8. The SMILES string of the molecule is CC(=O)c1cn(CC(=O)Oc2ccc3c(c2)c(C(C)=O)cn3CC(=O)N2CC(F)CC2C(=O)NCc2cccc(Cl)c2F)c2ccc(O)cc12. The van der Waals surface area contributed by atoms with Gasteiger partial charge in [-0.3, -0.25) is 19.2 Å². The molecule has 1 aliphatic heterocycles.